The molecule has 136 valence electrons. The van der Waals surface area contributed by atoms with Crippen molar-refractivity contribution in [3.8, 4) is 0 Å². The highest BCUT2D eigenvalue weighted by Crippen LogP contribution is 2.13. The summed E-state index contributed by atoms with van der Waals surface area (Å²) in [5, 5.41) is 8.92. The van der Waals surface area contributed by atoms with Crippen molar-refractivity contribution in [2.45, 2.75) is 19.4 Å². The SMILES string of the molecule is O=C(Nc1ccc(F)cc1)c1ccc(CNC(=O)C2CCNCC2)cc1. The molecule has 2 aromatic carbocycles. The minimum absolute atomic E-state index is 0.0806. The van der Waals surface area contributed by atoms with E-state index in [1.807, 2.05) is 12.1 Å². The van der Waals surface area contributed by atoms with Crippen LogP contribution in [0.3, 0.4) is 0 Å². The molecule has 0 unspecified atom stereocenters. The second-order valence-electron chi connectivity index (χ2n) is 6.40. The molecule has 5 nitrogen and oxygen atoms in total. The summed E-state index contributed by atoms with van der Waals surface area (Å²) in [6, 6.07) is 12.7. The Balaban J connectivity index is 1.51. The van der Waals surface area contributed by atoms with Crippen molar-refractivity contribution in [2.24, 2.45) is 5.92 Å². The number of anilines is 1. The van der Waals surface area contributed by atoms with Crippen LogP contribution >= 0.6 is 0 Å². The van der Waals surface area contributed by atoms with Crippen LogP contribution in [0.2, 0.25) is 0 Å². The fraction of sp³-hybridized carbons (Fsp3) is 0.300. The van der Waals surface area contributed by atoms with E-state index in [0.29, 0.717) is 17.8 Å². The van der Waals surface area contributed by atoms with Crippen LogP contribution in [0.5, 0.6) is 0 Å². The molecule has 1 heterocycles. The van der Waals surface area contributed by atoms with Gasteiger partial charge in [-0.2, -0.15) is 0 Å². The van der Waals surface area contributed by atoms with Gasteiger partial charge in [0.1, 0.15) is 5.82 Å². The number of hydrogen-bond donors (Lipinski definition) is 3. The zero-order valence-corrected chi connectivity index (χ0v) is 14.4. The Bertz CT molecular complexity index is 754. The summed E-state index contributed by atoms with van der Waals surface area (Å²) in [5.74, 6) is -0.442. The van der Waals surface area contributed by atoms with Crippen LogP contribution in [-0.4, -0.2) is 24.9 Å². The van der Waals surface area contributed by atoms with Crippen molar-refractivity contribution in [3.63, 3.8) is 0 Å². The van der Waals surface area contributed by atoms with Crippen LogP contribution in [0.1, 0.15) is 28.8 Å². The topological polar surface area (TPSA) is 70.2 Å². The predicted octanol–water partition coefficient (Wildman–Crippen LogP) is 2.69. The van der Waals surface area contributed by atoms with Crippen LogP contribution < -0.4 is 16.0 Å². The smallest absolute Gasteiger partial charge is 0.255 e. The second kappa shape index (κ2) is 8.58. The lowest BCUT2D eigenvalue weighted by molar-refractivity contribution is -0.125. The standard InChI is InChI=1S/C20H22FN3O2/c21-17-5-7-18(8-6-17)24-20(26)15-3-1-14(2-4-15)13-23-19(25)16-9-11-22-12-10-16/h1-8,16,22H,9-13H2,(H,23,25)(H,24,26). The number of benzene rings is 2. The summed E-state index contributed by atoms with van der Waals surface area (Å²) >= 11 is 0. The van der Waals surface area contributed by atoms with Gasteiger partial charge in [-0.05, 0) is 67.9 Å². The number of carbonyl (C=O) groups excluding carboxylic acids is 2. The lowest BCUT2D eigenvalue weighted by Crippen LogP contribution is -2.37. The van der Waals surface area contributed by atoms with E-state index >= 15 is 0 Å². The minimum atomic E-state index is -0.348. The van der Waals surface area contributed by atoms with E-state index in [1.54, 1.807) is 12.1 Å². The Morgan fingerprint density at radius 2 is 1.65 bits per heavy atom. The van der Waals surface area contributed by atoms with Crippen molar-refractivity contribution in [2.75, 3.05) is 18.4 Å². The van der Waals surface area contributed by atoms with Crippen LogP contribution in [0.25, 0.3) is 0 Å². The van der Waals surface area contributed by atoms with E-state index in [1.165, 1.54) is 24.3 Å². The molecule has 2 aromatic rings. The molecule has 1 aliphatic rings. The molecule has 6 heteroatoms. The monoisotopic (exact) mass is 355 g/mol. The van der Waals surface area contributed by atoms with E-state index in [0.717, 1.165) is 31.5 Å². The second-order valence-corrected chi connectivity index (χ2v) is 6.40. The number of hydrogen-bond acceptors (Lipinski definition) is 3. The van der Waals surface area contributed by atoms with E-state index in [2.05, 4.69) is 16.0 Å². The van der Waals surface area contributed by atoms with Gasteiger partial charge in [-0.25, -0.2) is 4.39 Å². The Hall–Kier alpha value is -2.73. The molecule has 3 N–H and O–H groups in total. The molecule has 0 aliphatic carbocycles. The largest absolute Gasteiger partial charge is 0.352 e. The Morgan fingerprint density at radius 3 is 2.31 bits per heavy atom. The average Bonchev–Trinajstić information content (AvgIpc) is 2.69. The van der Waals surface area contributed by atoms with E-state index < -0.39 is 0 Å². The minimum Gasteiger partial charge on any atom is -0.352 e. The summed E-state index contributed by atoms with van der Waals surface area (Å²) in [6.45, 7) is 2.22. The fourth-order valence-electron chi connectivity index (χ4n) is 2.93. The van der Waals surface area contributed by atoms with Crippen molar-refractivity contribution in [1.82, 2.24) is 10.6 Å². The van der Waals surface area contributed by atoms with Gasteiger partial charge in [-0.15, -0.1) is 0 Å². The molecule has 1 fully saturated rings. The van der Waals surface area contributed by atoms with Crippen molar-refractivity contribution < 1.29 is 14.0 Å². The normalized spacial score (nSPS) is 14.7. The first-order chi connectivity index (χ1) is 12.6. The Morgan fingerprint density at radius 1 is 1.00 bits per heavy atom. The lowest BCUT2D eigenvalue weighted by atomic mass is 9.97. The molecule has 3 rings (SSSR count). The highest BCUT2D eigenvalue weighted by atomic mass is 19.1. The molecule has 0 bridgehead atoms. The maximum Gasteiger partial charge on any atom is 0.255 e. The maximum atomic E-state index is 12.9. The van der Waals surface area contributed by atoms with Crippen LogP contribution in [0.4, 0.5) is 10.1 Å². The zero-order valence-electron chi connectivity index (χ0n) is 14.4. The van der Waals surface area contributed by atoms with Gasteiger partial charge >= 0.3 is 0 Å². The molecular formula is C20H22FN3O2. The number of halogens is 1. The fourth-order valence-corrected chi connectivity index (χ4v) is 2.93. The first-order valence-corrected chi connectivity index (χ1v) is 8.76. The molecule has 0 atom stereocenters. The van der Waals surface area contributed by atoms with Gasteiger partial charge in [0.25, 0.3) is 5.91 Å². The highest BCUT2D eigenvalue weighted by molar-refractivity contribution is 6.04. The molecule has 26 heavy (non-hydrogen) atoms. The summed E-state index contributed by atoms with van der Waals surface area (Å²) in [4.78, 5) is 24.3. The van der Waals surface area contributed by atoms with Gasteiger partial charge in [-0.3, -0.25) is 9.59 Å². The van der Waals surface area contributed by atoms with E-state index in [4.69, 9.17) is 0 Å². The van der Waals surface area contributed by atoms with Crippen LogP contribution in [0, 0.1) is 11.7 Å². The number of nitrogens with one attached hydrogen (secondary N) is 3. The molecule has 0 spiro atoms. The summed E-state index contributed by atoms with van der Waals surface area (Å²) in [6.07, 6.45) is 1.74. The first kappa shape index (κ1) is 18.1. The highest BCUT2D eigenvalue weighted by Gasteiger charge is 2.20. The molecule has 0 aromatic heterocycles. The molecule has 1 aliphatic heterocycles. The third-order valence-corrected chi connectivity index (χ3v) is 4.49. The van der Waals surface area contributed by atoms with Gasteiger partial charge in [0.05, 0.1) is 0 Å². The van der Waals surface area contributed by atoms with Crippen molar-refractivity contribution >= 4 is 17.5 Å². The number of rotatable bonds is 5. The van der Waals surface area contributed by atoms with Gasteiger partial charge < -0.3 is 16.0 Å². The number of amides is 2. The van der Waals surface area contributed by atoms with Crippen LogP contribution in [-0.2, 0) is 11.3 Å². The number of piperidine rings is 1. The molecule has 0 saturated carbocycles. The zero-order chi connectivity index (χ0) is 18.4. The molecular weight excluding hydrogens is 333 g/mol. The Kier molecular flexibility index (Phi) is 5.96. The maximum absolute atomic E-state index is 12.9. The van der Waals surface area contributed by atoms with Gasteiger partial charge in [0.15, 0.2) is 0 Å². The van der Waals surface area contributed by atoms with Gasteiger partial charge in [0, 0.05) is 23.7 Å². The third-order valence-electron chi connectivity index (χ3n) is 4.49. The third kappa shape index (κ3) is 4.89. The summed E-state index contributed by atoms with van der Waals surface area (Å²) in [7, 11) is 0. The van der Waals surface area contributed by atoms with Gasteiger partial charge in [-0.1, -0.05) is 12.1 Å². The lowest BCUT2D eigenvalue weighted by Gasteiger charge is -2.21. The summed E-state index contributed by atoms with van der Waals surface area (Å²) < 4.78 is 12.9. The molecule has 1 saturated heterocycles. The average molecular weight is 355 g/mol. The van der Waals surface area contributed by atoms with Crippen molar-refractivity contribution in [3.05, 3.63) is 65.5 Å². The van der Waals surface area contributed by atoms with Gasteiger partial charge in [0.2, 0.25) is 5.91 Å². The summed E-state index contributed by atoms with van der Waals surface area (Å²) in [5.41, 5.74) is 1.98. The molecule has 0 radical (unpaired) electrons. The van der Waals surface area contributed by atoms with E-state index in [9.17, 15) is 14.0 Å². The number of carbonyl (C=O) groups is 2. The molecule has 2 amide bonds. The van der Waals surface area contributed by atoms with Crippen LogP contribution in [0.15, 0.2) is 48.5 Å². The quantitative estimate of drug-likeness (QED) is 0.772. The predicted molar refractivity (Wildman–Crippen MR) is 98.2 cm³/mol. The Labute approximate surface area is 152 Å². The van der Waals surface area contributed by atoms with Crippen molar-refractivity contribution in [1.29, 1.82) is 0 Å². The first-order valence-electron chi connectivity index (χ1n) is 8.76. The van der Waals surface area contributed by atoms with E-state index in [-0.39, 0.29) is 23.5 Å².